The quantitative estimate of drug-likeness (QED) is 0.194. The van der Waals surface area contributed by atoms with Gasteiger partial charge in [0.05, 0.1) is 29.4 Å². The van der Waals surface area contributed by atoms with E-state index in [1.54, 1.807) is 37.4 Å². The molecule has 0 radical (unpaired) electrons. The van der Waals surface area contributed by atoms with Crippen molar-refractivity contribution in [2.45, 2.75) is 12.8 Å². The number of nitriles is 4. The van der Waals surface area contributed by atoms with Gasteiger partial charge in [0.15, 0.2) is 11.5 Å². The Hall–Kier alpha value is -6.28. The highest BCUT2D eigenvalue weighted by molar-refractivity contribution is 5.52. The van der Waals surface area contributed by atoms with Crippen LogP contribution in [0, 0.1) is 45.3 Å². The number of rotatable bonds is 9. The Kier molecular flexibility index (Phi) is 11.1. The van der Waals surface area contributed by atoms with Crippen LogP contribution in [0.4, 0.5) is 0 Å². The third-order valence-electron chi connectivity index (χ3n) is 5.86. The Bertz CT molecular complexity index is 1770. The molecule has 0 saturated heterocycles. The fourth-order valence-electron chi connectivity index (χ4n) is 3.83. The Morgan fingerprint density at radius 3 is 1.67 bits per heavy atom. The molecule has 0 amide bonds. The molecule has 0 bridgehead atoms. The summed E-state index contributed by atoms with van der Waals surface area (Å²) in [4.78, 5) is 0. The Morgan fingerprint density at radius 2 is 1.14 bits per heavy atom. The van der Waals surface area contributed by atoms with Crippen LogP contribution >= 0.6 is 0 Å². The molecule has 4 rings (SSSR count). The zero-order valence-electron chi connectivity index (χ0n) is 23.0. The predicted molar refractivity (Wildman–Crippen MR) is 159 cm³/mol. The van der Waals surface area contributed by atoms with Gasteiger partial charge < -0.3 is 14.2 Å². The highest BCUT2D eigenvalue weighted by atomic mass is 16.5. The molecule has 0 aliphatic carbocycles. The molecule has 204 valence electrons. The smallest absolute Gasteiger partial charge is 0.169 e. The van der Waals surface area contributed by atoms with Gasteiger partial charge in [0.2, 0.25) is 0 Å². The number of benzene rings is 4. The van der Waals surface area contributed by atoms with Crippen LogP contribution in [-0.2, 0) is 12.8 Å². The van der Waals surface area contributed by atoms with Gasteiger partial charge >= 0.3 is 0 Å². The Morgan fingerprint density at radius 1 is 0.595 bits per heavy atom. The number of nitrogens with zero attached hydrogens (tertiary/aromatic N) is 4. The number of para-hydroxylation sites is 1. The van der Waals surface area contributed by atoms with E-state index in [2.05, 4.69) is 13.2 Å². The van der Waals surface area contributed by atoms with Crippen molar-refractivity contribution in [3.8, 4) is 53.0 Å². The van der Waals surface area contributed by atoms with Gasteiger partial charge in [-0.25, -0.2) is 0 Å². The molecule has 42 heavy (non-hydrogen) atoms. The molecule has 0 aliphatic heterocycles. The van der Waals surface area contributed by atoms with E-state index in [9.17, 15) is 0 Å². The summed E-state index contributed by atoms with van der Waals surface area (Å²) in [6.45, 7) is 7.43. The van der Waals surface area contributed by atoms with Crippen LogP contribution in [0.2, 0.25) is 0 Å². The monoisotopic (exact) mass is 550 g/mol. The van der Waals surface area contributed by atoms with Crippen molar-refractivity contribution in [1.82, 2.24) is 0 Å². The second kappa shape index (κ2) is 15.3. The van der Waals surface area contributed by atoms with E-state index in [4.69, 9.17) is 35.3 Å². The first-order valence-electron chi connectivity index (χ1n) is 12.7. The molecule has 0 aliphatic rings. The van der Waals surface area contributed by atoms with Gasteiger partial charge in [0, 0.05) is 0 Å². The highest BCUT2D eigenvalue weighted by Crippen LogP contribution is 2.33. The van der Waals surface area contributed by atoms with Crippen molar-refractivity contribution in [3.05, 3.63) is 138 Å². The molecule has 4 aromatic rings. The second-order valence-electron chi connectivity index (χ2n) is 8.64. The van der Waals surface area contributed by atoms with Gasteiger partial charge in [-0.15, -0.1) is 13.2 Å². The Balaban J connectivity index is 0.000000231. The number of methoxy groups -OCH3 is 1. The molecule has 0 heterocycles. The largest absolute Gasteiger partial charge is 0.493 e. The maximum atomic E-state index is 9.05. The van der Waals surface area contributed by atoms with Crippen LogP contribution in [-0.4, -0.2) is 7.11 Å². The summed E-state index contributed by atoms with van der Waals surface area (Å²) in [6, 6.07) is 30.8. The van der Waals surface area contributed by atoms with Gasteiger partial charge in [-0.2, -0.15) is 21.0 Å². The second-order valence-corrected chi connectivity index (χ2v) is 8.64. The lowest BCUT2D eigenvalue weighted by atomic mass is 10.1. The lowest BCUT2D eigenvalue weighted by Crippen LogP contribution is -1.93. The normalized spacial score (nSPS) is 9.36. The van der Waals surface area contributed by atoms with Crippen LogP contribution in [0.1, 0.15) is 33.4 Å². The predicted octanol–water partition coefficient (Wildman–Crippen LogP) is 7.91. The summed E-state index contributed by atoms with van der Waals surface area (Å²) in [5.41, 5.74) is 3.35. The summed E-state index contributed by atoms with van der Waals surface area (Å²) < 4.78 is 16.9. The molecule has 4 aromatic carbocycles. The van der Waals surface area contributed by atoms with E-state index in [-0.39, 0.29) is 5.56 Å². The van der Waals surface area contributed by atoms with E-state index in [1.165, 1.54) is 6.07 Å². The van der Waals surface area contributed by atoms with Crippen molar-refractivity contribution < 1.29 is 14.2 Å². The van der Waals surface area contributed by atoms with Gasteiger partial charge in [0.25, 0.3) is 0 Å². The molecule has 0 fully saturated rings. The number of hydrogen-bond acceptors (Lipinski definition) is 7. The first-order chi connectivity index (χ1) is 20.5. The minimum Gasteiger partial charge on any atom is -0.493 e. The number of allylic oxidation sites excluding steroid dienone is 2. The van der Waals surface area contributed by atoms with Crippen LogP contribution in [0.25, 0.3) is 0 Å². The SMILES string of the molecule is C=CCc1ccc(Oc2ccc(C#N)c(C#N)c2)c(OC)c1.C=CCc1ccccc1Oc1ccc(C#N)c(C#N)c1. The summed E-state index contributed by atoms with van der Waals surface area (Å²) in [7, 11) is 1.57. The first-order valence-corrected chi connectivity index (χ1v) is 12.7. The van der Waals surface area contributed by atoms with Gasteiger partial charge in [-0.1, -0.05) is 36.4 Å². The van der Waals surface area contributed by atoms with Crippen LogP contribution in [0.3, 0.4) is 0 Å². The summed E-state index contributed by atoms with van der Waals surface area (Å²) >= 11 is 0. The summed E-state index contributed by atoms with van der Waals surface area (Å²) in [5, 5.41) is 35.9. The third-order valence-corrected chi connectivity index (χ3v) is 5.86. The van der Waals surface area contributed by atoms with Crippen molar-refractivity contribution in [2.24, 2.45) is 0 Å². The van der Waals surface area contributed by atoms with Crippen molar-refractivity contribution in [3.63, 3.8) is 0 Å². The molecule has 7 heteroatoms. The summed E-state index contributed by atoms with van der Waals surface area (Å²) in [6.07, 6.45) is 5.07. The maximum absolute atomic E-state index is 9.05. The zero-order chi connectivity index (χ0) is 30.3. The minimum absolute atomic E-state index is 0.280. The fourth-order valence-corrected chi connectivity index (χ4v) is 3.83. The average molecular weight is 551 g/mol. The summed E-state index contributed by atoms with van der Waals surface area (Å²) in [5.74, 6) is 2.88. The van der Waals surface area contributed by atoms with E-state index in [0.29, 0.717) is 46.1 Å². The van der Waals surface area contributed by atoms with Crippen molar-refractivity contribution in [2.75, 3.05) is 7.11 Å². The number of hydrogen-bond donors (Lipinski definition) is 0. The zero-order valence-corrected chi connectivity index (χ0v) is 23.0. The molecular formula is C35H26N4O3. The maximum Gasteiger partial charge on any atom is 0.169 e. The molecule has 0 spiro atoms. The molecule has 0 saturated carbocycles. The molecule has 0 unspecified atom stereocenters. The van der Waals surface area contributed by atoms with E-state index < -0.39 is 0 Å². The van der Waals surface area contributed by atoms with Crippen LogP contribution < -0.4 is 14.2 Å². The average Bonchev–Trinajstić information content (AvgIpc) is 3.03. The topological polar surface area (TPSA) is 123 Å². The van der Waals surface area contributed by atoms with Crippen molar-refractivity contribution in [1.29, 1.82) is 21.0 Å². The molecule has 7 nitrogen and oxygen atoms in total. The lowest BCUT2D eigenvalue weighted by molar-refractivity contribution is 0.378. The lowest BCUT2D eigenvalue weighted by Gasteiger charge is -2.12. The fraction of sp³-hybridized carbons (Fsp3) is 0.0857. The standard InChI is InChI=1S/C18H14N2O2.C17H12N2O/c1-3-4-13-5-8-17(18(9-13)21-2)22-16-7-6-14(11-19)15(10-16)12-20;1-2-5-13-6-3-4-7-17(13)20-16-9-8-14(11-18)15(10-16)12-19/h3,5-10H,1,4H2,2H3;2-4,6-10H,1,5H2. The van der Waals surface area contributed by atoms with Gasteiger partial charge in [-0.05, 0) is 78.6 Å². The van der Waals surface area contributed by atoms with Crippen molar-refractivity contribution >= 4 is 0 Å². The highest BCUT2D eigenvalue weighted by Gasteiger charge is 2.10. The molecule has 0 atom stereocenters. The van der Waals surface area contributed by atoms with Crippen LogP contribution in [0.5, 0.6) is 28.7 Å². The molecule has 0 N–H and O–H groups in total. The van der Waals surface area contributed by atoms with Crippen LogP contribution in [0.15, 0.2) is 104 Å². The minimum atomic E-state index is 0.280. The van der Waals surface area contributed by atoms with Gasteiger partial charge in [-0.3, -0.25) is 0 Å². The third kappa shape index (κ3) is 7.87. The van der Waals surface area contributed by atoms with E-state index in [0.717, 1.165) is 23.3 Å². The van der Waals surface area contributed by atoms with E-state index >= 15 is 0 Å². The van der Waals surface area contributed by atoms with E-state index in [1.807, 2.05) is 78.9 Å². The molecular weight excluding hydrogens is 524 g/mol. The molecule has 0 aromatic heterocycles. The Labute approximate surface area is 245 Å². The first kappa shape index (κ1) is 30.3. The van der Waals surface area contributed by atoms with Gasteiger partial charge in [0.1, 0.15) is 41.5 Å². The number of ether oxygens (including phenoxy) is 3.